The van der Waals surface area contributed by atoms with Crippen LogP contribution in [0.2, 0.25) is 4.47 Å². The molecular weight excluding hydrogens is 322 g/mol. The molecule has 0 radical (unpaired) electrons. The number of alkyl carbamates (subject to hydrolysis) is 1. The van der Waals surface area contributed by atoms with Crippen LogP contribution in [0.3, 0.4) is 0 Å². The van der Waals surface area contributed by atoms with Crippen molar-refractivity contribution in [2.24, 2.45) is 0 Å². The smallest absolute Gasteiger partial charge is 0.407 e. The molecule has 1 aliphatic heterocycles. The first-order valence-corrected chi connectivity index (χ1v) is 8.84. The Morgan fingerprint density at radius 1 is 1.55 bits per heavy atom. The summed E-state index contributed by atoms with van der Waals surface area (Å²) in [6.45, 7) is 8.09. The number of hydrogen-bond acceptors (Lipinski definition) is 5. The molecule has 1 aliphatic rings. The predicted molar refractivity (Wildman–Crippen MR) is 89.4 cm³/mol. The van der Waals surface area contributed by atoms with Gasteiger partial charge in [-0.05, 0) is 40.2 Å². The van der Waals surface area contributed by atoms with Gasteiger partial charge >= 0.3 is 6.09 Å². The molecular formula is C15H24ClN3O2S. The van der Waals surface area contributed by atoms with Crippen LogP contribution in [0.5, 0.6) is 0 Å². The summed E-state index contributed by atoms with van der Waals surface area (Å²) in [4.78, 5) is 19.4. The van der Waals surface area contributed by atoms with E-state index in [0.717, 1.165) is 24.4 Å². The molecule has 1 N–H and O–H groups in total. The second kappa shape index (κ2) is 7.62. The second-order valence-corrected chi connectivity index (χ2v) is 8.28. The Kier molecular flexibility index (Phi) is 6.06. The van der Waals surface area contributed by atoms with Gasteiger partial charge < -0.3 is 10.1 Å². The molecule has 1 amide bonds. The number of hydrogen-bond donors (Lipinski definition) is 1. The minimum atomic E-state index is -0.463. The van der Waals surface area contributed by atoms with E-state index in [1.807, 2.05) is 27.0 Å². The molecule has 0 saturated carbocycles. The van der Waals surface area contributed by atoms with Crippen LogP contribution in [0.1, 0.15) is 44.9 Å². The quantitative estimate of drug-likeness (QED) is 0.904. The van der Waals surface area contributed by atoms with Crippen molar-refractivity contribution in [3.8, 4) is 0 Å². The highest BCUT2D eigenvalue weighted by atomic mass is 35.5. The van der Waals surface area contributed by atoms with E-state index in [1.54, 1.807) is 0 Å². The number of halogens is 1. The van der Waals surface area contributed by atoms with Crippen LogP contribution >= 0.6 is 22.9 Å². The number of ether oxygens (including phenoxy) is 1. The van der Waals surface area contributed by atoms with Gasteiger partial charge in [-0.25, -0.2) is 9.78 Å². The molecule has 124 valence electrons. The SMILES string of the molecule is CC(C)(C)OC(=O)NC[C@H]1CCCCN1Cc1cnc(Cl)s1. The van der Waals surface area contributed by atoms with Gasteiger partial charge in [0, 0.05) is 30.2 Å². The lowest BCUT2D eigenvalue weighted by Crippen LogP contribution is -2.47. The molecule has 1 aromatic heterocycles. The molecule has 0 spiro atoms. The van der Waals surface area contributed by atoms with E-state index in [4.69, 9.17) is 16.3 Å². The van der Waals surface area contributed by atoms with Crippen molar-refractivity contribution in [2.75, 3.05) is 13.1 Å². The van der Waals surface area contributed by atoms with Crippen LogP contribution < -0.4 is 5.32 Å². The van der Waals surface area contributed by atoms with E-state index in [-0.39, 0.29) is 6.09 Å². The zero-order chi connectivity index (χ0) is 16.2. The van der Waals surface area contributed by atoms with Gasteiger partial charge in [0.1, 0.15) is 5.60 Å². The Hall–Kier alpha value is -0.850. The summed E-state index contributed by atoms with van der Waals surface area (Å²) in [6, 6.07) is 0.335. The zero-order valence-electron chi connectivity index (χ0n) is 13.4. The first-order chi connectivity index (χ1) is 10.3. The molecule has 1 saturated heterocycles. The Balaban J connectivity index is 1.85. The van der Waals surface area contributed by atoms with Crippen molar-refractivity contribution in [3.05, 3.63) is 15.5 Å². The maximum atomic E-state index is 11.8. The highest BCUT2D eigenvalue weighted by Gasteiger charge is 2.24. The normalized spacial score (nSPS) is 19.9. The van der Waals surface area contributed by atoms with E-state index in [2.05, 4.69) is 15.2 Å². The van der Waals surface area contributed by atoms with Gasteiger partial charge in [0.15, 0.2) is 4.47 Å². The number of carbonyl (C=O) groups is 1. The number of likely N-dealkylation sites (tertiary alicyclic amines) is 1. The summed E-state index contributed by atoms with van der Waals surface area (Å²) >= 11 is 7.41. The molecule has 1 fully saturated rings. The summed E-state index contributed by atoms with van der Waals surface area (Å²) in [6.07, 6.45) is 4.96. The maximum absolute atomic E-state index is 11.8. The van der Waals surface area contributed by atoms with Crippen molar-refractivity contribution in [1.82, 2.24) is 15.2 Å². The van der Waals surface area contributed by atoms with Crippen molar-refractivity contribution in [2.45, 2.75) is 58.2 Å². The highest BCUT2D eigenvalue weighted by Crippen LogP contribution is 2.24. The fraction of sp³-hybridized carbons (Fsp3) is 0.733. The number of aromatic nitrogens is 1. The summed E-state index contributed by atoms with van der Waals surface area (Å²) in [5.41, 5.74) is -0.463. The zero-order valence-corrected chi connectivity index (χ0v) is 15.0. The number of rotatable bonds is 4. The molecule has 0 unspecified atom stereocenters. The van der Waals surface area contributed by atoms with Crippen molar-refractivity contribution < 1.29 is 9.53 Å². The lowest BCUT2D eigenvalue weighted by molar-refractivity contribution is 0.0492. The third kappa shape index (κ3) is 5.74. The van der Waals surface area contributed by atoms with Gasteiger partial charge in [0.25, 0.3) is 0 Å². The summed E-state index contributed by atoms with van der Waals surface area (Å²) in [7, 11) is 0. The van der Waals surface area contributed by atoms with E-state index in [0.29, 0.717) is 17.1 Å². The number of amides is 1. The third-order valence-corrected chi connectivity index (χ3v) is 4.61. The predicted octanol–water partition coefficient (Wildman–Crippen LogP) is 3.68. The van der Waals surface area contributed by atoms with Crippen LogP contribution in [0, 0.1) is 0 Å². The van der Waals surface area contributed by atoms with Crippen LogP contribution in [-0.4, -0.2) is 40.7 Å². The Labute approximate surface area is 141 Å². The number of thiazole rings is 1. The third-order valence-electron chi connectivity index (χ3n) is 3.51. The lowest BCUT2D eigenvalue weighted by Gasteiger charge is -2.35. The first kappa shape index (κ1) is 17.5. The number of nitrogens with zero attached hydrogens (tertiary/aromatic N) is 2. The van der Waals surface area contributed by atoms with Gasteiger partial charge in [-0.3, -0.25) is 4.90 Å². The second-order valence-electron chi connectivity index (χ2n) is 6.58. The average Bonchev–Trinajstić information content (AvgIpc) is 2.81. The van der Waals surface area contributed by atoms with Crippen molar-refractivity contribution in [1.29, 1.82) is 0 Å². The molecule has 2 rings (SSSR count). The molecule has 0 bridgehead atoms. The lowest BCUT2D eigenvalue weighted by atomic mass is 10.0. The minimum Gasteiger partial charge on any atom is -0.444 e. The van der Waals surface area contributed by atoms with Gasteiger partial charge in [-0.2, -0.15) is 0 Å². The number of nitrogens with one attached hydrogen (secondary N) is 1. The fourth-order valence-electron chi connectivity index (χ4n) is 2.57. The van der Waals surface area contributed by atoms with Crippen LogP contribution in [-0.2, 0) is 11.3 Å². The van der Waals surface area contributed by atoms with E-state index in [1.165, 1.54) is 24.2 Å². The standard InChI is InChI=1S/C15H24ClN3O2S/c1-15(2,3)21-14(20)18-8-11-6-4-5-7-19(11)10-12-9-17-13(16)22-12/h9,11H,4-8,10H2,1-3H3,(H,18,20)/t11-/m1/s1. The number of piperidine rings is 1. The summed E-state index contributed by atoms with van der Waals surface area (Å²) in [5.74, 6) is 0. The summed E-state index contributed by atoms with van der Waals surface area (Å²) < 4.78 is 5.87. The van der Waals surface area contributed by atoms with E-state index >= 15 is 0 Å². The van der Waals surface area contributed by atoms with Crippen molar-refractivity contribution in [3.63, 3.8) is 0 Å². The largest absolute Gasteiger partial charge is 0.444 e. The van der Waals surface area contributed by atoms with Gasteiger partial charge in [-0.15, -0.1) is 11.3 Å². The Morgan fingerprint density at radius 2 is 2.32 bits per heavy atom. The average molecular weight is 346 g/mol. The van der Waals surface area contributed by atoms with Crippen LogP contribution in [0.15, 0.2) is 6.20 Å². The summed E-state index contributed by atoms with van der Waals surface area (Å²) in [5, 5.41) is 2.89. The maximum Gasteiger partial charge on any atom is 0.407 e. The molecule has 5 nitrogen and oxygen atoms in total. The first-order valence-electron chi connectivity index (χ1n) is 7.64. The van der Waals surface area contributed by atoms with Gasteiger partial charge in [0.05, 0.1) is 0 Å². The van der Waals surface area contributed by atoms with Crippen molar-refractivity contribution >= 4 is 29.0 Å². The molecule has 0 aliphatic carbocycles. The topological polar surface area (TPSA) is 54.5 Å². The number of carbonyl (C=O) groups excluding carboxylic acids is 1. The fourth-order valence-corrected chi connectivity index (χ4v) is 3.58. The highest BCUT2D eigenvalue weighted by molar-refractivity contribution is 7.15. The molecule has 2 heterocycles. The van der Waals surface area contributed by atoms with Gasteiger partial charge in [0.2, 0.25) is 0 Å². The Morgan fingerprint density at radius 3 is 2.95 bits per heavy atom. The van der Waals surface area contributed by atoms with E-state index < -0.39 is 5.60 Å². The van der Waals surface area contributed by atoms with Gasteiger partial charge in [-0.1, -0.05) is 18.0 Å². The molecule has 1 aromatic rings. The minimum absolute atomic E-state index is 0.335. The molecule has 7 heteroatoms. The van der Waals surface area contributed by atoms with Crippen LogP contribution in [0.25, 0.3) is 0 Å². The van der Waals surface area contributed by atoms with Crippen LogP contribution in [0.4, 0.5) is 4.79 Å². The monoisotopic (exact) mass is 345 g/mol. The molecule has 22 heavy (non-hydrogen) atoms. The van der Waals surface area contributed by atoms with E-state index in [9.17, 15) is 4.79 Å². The molecule has 1 atom stereocenters. The Bertz CT molecular complexity index is 501. The molecule has 0 aromatic carbocycles.